The maximum atomic E-state index is 12.7. The Bertz CT molecular complexity index is 786. The van der Waals surface area contributed by atoms with Crippen LogP contribution in [-0.2, 0) is 6.54 Å². The van der Waals surface area contributed by atoms with Gasteiger partial charge in [-0.05, 0) is 36.6 Å². The van der Waals surface area contributed by atoms with Crippen LogP contribution in [0.2, 0.25) is 5.02 Å². The Hall–Kier alpha value is -2.40. The maximum absolute atomic E-state index is 12.7. The number of hydrogen-bond acceptors (Lipinski definition) is 3. The molecule has 2 aromatic rings. The largest absolute Gasteiger partial charge is 0.347 e. The number of rotatable bonds is 4. The Kier molecular flexibility index (Phi) is 6.23. The van der Waals surface area contributed by atoms with Crippen LogP contribution in [0.25, 0.3) is 0 Å². The van der Waals surface area contributed by atoms with Gasteiger partial charge >= 0.3 is 0 Å². The zero-order chi connectivity index (χ0) is 18.4. The number of aromatic nitrogens is 1. The SMILES string of the molecule is O=C(NCc1ccccc1Cl)c1cccc(C(=O)N2CCCCCC2)n1. The third-order valence-electron chi connectivity index (χ3n) is 4.49. The van der Waals surface area contributed by atoms with Gasteiger partial charge in [0.1, 0.15) is 11.4 Å². The zero-order valence-corrected chi connectivity index (χ0v) is 15.3. The molecule has 0 spiro atoms. The van der Waals surface area contributed by atoms with E-state index in [0.29, 0.717) is 17.3 Å². The molecule has 0 unspecified atom stereocenters. The van der Waals surface area contributed by atoms with Gasteiger partial charge in [0.2, 0.25) is 0 Å². The van der Waals surface area contributed by atoms with Crippen molar-refractivity contribution in [2.45, 2.75) is 32.2 Å². The minimum absolute atomic E-state index is 0.104. The number of benzene rings is 1. The molecular weight excluding hydrogens is 350 g/mol. The molecule has 6 heteroatoms. The van der Waals surface area contributed by atoms with Crippen LogP contribution in [0.5, 0.6) is 0 Å². The number of likely N-dealkylation sites (tertiary alicyclic amines) is 1. The number of nitrogens with one attached hydrogen (secondary N) is 1. The van der Waals surface area contributed by atoms with E-state index >= 15 is 0 Å². The average molecular weight is 372 g/mol. The van der Waals surface area contributed by atoms with Gasteiger partial charge in [-0.15, -0.1) is 0 Å². The number of carbonyl (C=O) groups is 2. The number of hydrogen-bond donors (Lipinski definition) is 1. The molecule has 0 aliphatic carbocycles. The fourth-order valence-corrected chi connectivity index (χ4v) is 3.23. The predicted octanol–water partition coefficient (Wildman–Crippen LogP) is 3.68. The van der Waals surface area contributed by atoms with Crippen LogP contribution >= 0.6 is 11.6 Å². The Labute approximate surface area is 158 Å². The van der Waals surface area contributed by atoms with Crippen molar-refractivity contribution >= 4 is 23.4 Å². The molecule has 1 aromatic heterocycles. The third kappa shape index (κ3) is 4.61. The second kappa shape index (κ2) is 8.81. The van der Waals surface area contributed by atoms with Crippen LogP contribution < -0.4 is 5.32 Å². The topological polar surface area (TPSA) is 62.3 Å². The summed E-state index contributed by atoms with van der Waals surface area (Å²) in [5.41, 5.74) is 1.38. The van der Waals surface area contributed by atoms with Crippen molar-refractivity contribution in [1.82, 2.24) is 15.2 Å². The monoisotopic (exact) mass is 371 g/mol. The first-order valence-corrected chi connectivity index (χ1v) is 9.31. The summed E-state index contributed by atoms with van der Waals surface area (Å²) in [6.45, 7) is 1.82. The molecule has 1 N–H and O–H groups in total. The third-order valence-corrected chi connectivity index (χ3v) is 4.86. The highest BCUT2D eigenvalue weighted by Crippen LogP contribution is 2.15. The van der Waals surface area contributed by atoms with E-state index in [2.05, 4.69) is 10.3 Å². The molecule has 0 bridgehead atoms. The van der Waals surface area contributed by atoms with Crippen LogP contribution in [0.15, 0.2) is 42.5 Å². The molecule has 0 saturated carbocycles. The highest BCUT2D eigenvalue weighted by atomic mass is 35.5. The van der Waals surface area contributed by atoms with E-state index < -0.39 is 0 Å². The standard InChI is InChI=1S/C20H22ClN3O2/c21-16-9-4-3-8-15(16)14-22-19(25)17-10-7-11-18(23-17)20(26)24-12-5-1-2-6-13-24/h3-4,7-11H,1-2,5-6,12-14H2,(H,22,25). The second-order valence-electron chi connectivity index (χ2n) is 6.39. The van der Waals surface area contributed by atoms with E-state index in [4.69, 9.17) is 11.6 Å². The van der Waals surface area contributed by atoms with Gasteiger partial charge in [0, 0.05) is 24.7 Å². The molecule has 1 fully saturated rings. The summed E-state index contributed by atoms with van der Waals surface area (Å²) in [5, 5.41) is 3.40. The van der Waals surface area contributed by atoms with E-state index in [9.17, 15) is 9.59 Å². The number of carbonyl (C=O) groups excluding carboxylic acids is 2. The first-order valence-electron chi connectivity index (χ1n) is 8.93. The number of halogens is 1. The van der Waals surface area contributed by atoms with E-state index in [-0.39, 0.29) is 17.5 Å². The lowest BCUT2D eigenvalue weighted by molar-refractivity contribution is 0.0755. The fourth-order valence-electron chi connectivity index (χ4n) is 3.02. The van der Waals surface area contributed by atoms with Crippen LogP contribution in [-0.4, -0.2) is 34.8 Å². The highest BCUT2D eigenvalue weighted by Gasteiger charge is 2.19. The number of nitrogens with zero attached hydrogens (tertiary/aromatic N) is 2. The van der Waals surface area contributed by atoms with Gasteiger partial charge in [0.15, 0.2) is 0 Å². The van der Waals surface area contributed by atoms with Crippen molar-refractivity contribution in [3.63, 3.8) is 0 Å². The van der Waals surface area contributed by atoms with Crippen LogP contribution in [0.4, 0.5) is 0 Å². The van der Waals surface area contributed by atoms with Crippen molar-refractivity contribution in [2.75, 3.05) is 13.1 Å². The molecule has 1 saturated heterocycles. The first-order chi connectivity index (χ1) is 12.6. The van der Waals surface area contributed by atoms with Gasteiger partial charge in [-0.1, -0.05) is 48.7 Å². The molecule has 1 aliphatic rings. The lowest BCUT2D eigenvalue weighted by Crippen LogP contribution is -2.33. The summed E-state index contributed by atoms with van der Waals surface area (Å²) in [6, 6.07) is 12.3. The van der Waals surface area contributed by atoms with Gasteiger partial charge in [0.25, 0.3) is 11.8 Å². The predicted molar refractivity (Wildman–Crippen MR) is 101 cm³/mol. The highest BCUT2D eigenvalue weighted by molar-refractivity contribution is 6.31. The molecule has 26 heavy (non-hydrogen) atoms. The average Bonchev–Trinajstić information content (AvgIpc) is 2.96. The first kappa shape index (κ1) is 18.4. The van der Waals surface area contributed by atoms with Crippen molar-refractivity contribution in [3.8, 4) is 0 Å². The lowest BCUT2D eigenvalue weighted by atomic mass is 10.2. The molecule has 3 rings (SSSR count). The van der Waals surface area contributed by atoms with E-state index in [1.165, 1.54) is 0 Å². The van der Waals surface area contributed by atoms with Gasteiger partial charge in [0.05, 0.1) is 0 Å². The molecule has 2 heterocycles. The Balaban J connectivity index is 1.67. The molecule has 136 valence electrons. The summed E-state index contributed by atoms with van der Waals surface area (Å²) < 4.78 is 0. The van der Waals surface area contributed by atoms with Crippen molar-refractivity contribution in [3.05, 3.63) is 64.4 Å². The van der Waals surface area contributed by atoms with E-state index in [1.54, 1.807) is 24.3 Å². The van der Waals surface area contributed by atoms with Gasteiger partial charge < -0.3 is 10.2 Å². The van der Waals surface area contributed by atoms with Crippen LogP contribution in [0.3, 0.4) is 0 Å². The van der Waals surface area contributed by atoms with Crippen molar-refractivity contribution < 1.29 is 9.59 Å². The van der Waals surface area contributed by atoms with Gasteiger partial charge in [-0.25, -0.2) is 4.98 Å². The quantitative estimate of drug-likeness (QED) is 0.891. The summed E-state index contributed by atoms with van der Waals surface area (Å²) in [4.78, 5) is 31.2. The number of amides is 2. The molecule has 5 nitrogen and oxygen atoms in total. The molecule has 0 atom stereocenters. The smallest absolute Gasteiger partial charge is 0.272 e. The lowest BCUT2D eigenvalue weighted by Gasteiger charge is -2.19. The van der Waals surface area contributed by atoms with E-state index in [0.717, 1.165) is 44.3 Å². The molecule has 1 aromatic carbocycles. The summed E-state index contributed by atoms with van der Waals surface area (Å²) >= 11 is 6.10. The Morgan fingerprint density at radius 1 is 0.962 bits per heavy atom. The Morgan fingerprint density at radius 3 is 2.38 bits per heavy atom. The Morgan fingerprint density at radius 2 is 1.65 bits per heavy atom. The van der Waals surface area contributed by atoms with Crippen LogP contribution in [0, 0.1) is 0 Å². The van der Waals surface area contributed by atoms with Gasteiger partial charge in [-0.2, -0.15) is 0 Å². The molecular formula is C20H22ClN3O2. The minimum Gasteiger partial charge on any atom is -0.347 e. The summed E-state index contributed by atoms with van der Waals surface area (Å²) in [7, 11) is 0. The number of pyridine rings is 1. The maximum Gasteiger partial charge on any atom is 0.272 e. The van der Waals surface area contributed by atoms with Gasteiger partial charge in [-0.3, -0.25) is 9.59 Å². The molecule has 0 radical (unpaired) electrons. The van der Waals surface area contributed by atoms with E-state index in [1.807, 2.05) is 23.1 Å². The summed E-state index contributed by atoms with van der Waals surface area (Å²) in [5.74, 6) is -0.428. The van der Waals surface area contributed by atoms with Crippen molar-refractivity contribution in [2.24, 2.45) is 0 Å². The second-order valence-corrected chi connectivity index (χ2v) is 6.80. The zero-order valence-electron chi connectivity index (χ0n) is 14.6. The van der Waals surface area contributed by atoms with Crippen LogP contribution in [0.1, 0.15) is 52.2 Å². The summed E-state index contributed by atoms with van der Waals surface area (Å²) in [6.07, 6.45) is 4.34. The van der Waals surface area contributed by atoms with Crippen molar-refractivity contribution in [1.29, 1.82) is 0 Å². The fraction of sp³-hybridized carbons (Fsp3) is 0.350. The molecule has 1 aliphatic heterocycles. The minimum atomic E-state index is -0.324. The molecule has 2 amide bonds. The normalized spacial score (nSPS) is 14.6.